The van der Waals surface area contributed by atoms with E-state index < -0.39 is 0 Å². The second-order valence-electron chi connectivity index (χ2n) is 4.12. The van der Waals surface area contributed by atoms with Gasteiger partial charge in [-0.25, -0.2) is 0 Å². The third-order valence-electron chi connectivity index (χ3n) is 2.41. The molecule has 0 aromatic carbocycles. The number of likely N-dealkylation sites (tertiary alicyclic amines) is 1. The first kappa shape index (κ1) is 9.30. The summed E-state index contributed by atoms with van der Waals surface area (Å²) in [5.74, 6) is 0.253. The van der Waals surface area contributed by atoms with Gasteiger partial charge < -0.3 is 4.90 Å². The van der Waals surface area contributed by atoms with Gasteiger partial charge in [-0.2, -0.15) is 0 Å². The molecule has 2 heteroatoms. The average molecular weight is 167 g/mol. The van der Waals surface area contributed by atoms with Crippen LogP contribution in [0.15, 0.2) is 11.6 Å². The fourth-order valence-electron chi connectivity index (χ4n) is 1.82. The first-order chi connectivity index (χ1) is 5.46. The van der Waals surface area contributed by atoms with E-state index in [-0.39, 0.29) is 11.3 Å². The van der Waals surface area contributed by atoms with Crippen LogP contribution in [-0.2, 0) is 4.79 Å². The first-order valence-electron chi connectivity index (χ1n) is 4.37. The predicted octanol–water partition coefficient (Wildman–Crippen LogP) is 1.82. The van der Waals surface area contributed by atoms with E-state index in [0.717, 1.165) is 13.0 Å². The zero-order valence-electron chi connectivity index (χ0n) is 8.35. The maximum Gasteiger partial charge on any atom is 0.232 e. The maximum atomic E-state index is 11.6. The van der Waals surface area contributed by atoms with Crippen molar-refractivity contribution >= 4 is 5.91 Å². The highest BCUT2D eigenvalue weighted by molar-refractivity contribution is 5.86. The van der Waals surface area contributed by atoms with Crippen molar-refractivity contribution in [3.63, 3.8) is 0 Å². The van der Waals surface area contributed by atoms with Crippen LogP contribution >= 0.6 is 0 Å². The second-order valence-corrected chi connectivity index (χ2v) is 4.12. The summed E-state index contributed by atoms with van der Waals surface area (Å²) < 4.78 is 0. The molecule has 1 amide bonds. The first-order valence-corrected chi connectivity index (χ1v) is 4.37. The number of rotatable bonds is 1. The van der Waals surface area contributed by atoms with E-state index in [1.54, 1.807) is 4.90 Å². The zero-order valence-corrected chi connectivity index (χ0v) is 8.35. The SMILES string of the molecule is CC(C)=CC1(C)CCN(C)C1=O. The lowest BCUT2D eigenvalue weighted by atomic mass is 9.87. The minimum atomic E-state index is -0.229. The number of carbonyl (C=O) groups excluding carboxylic acids is 1. The quantitative estimate of drug-likeness (QED) is 0.545. The Kier molecular flexibility index (Phi) is 2.27. The fraction of sp³-hybridized carbons (Fsp3) is 0.700. The molecular weight excluding hydrogens is 150 g/mol. The van der Waals surface area contributed by atoms with Crippen molar-refractivity contribution in [2.45, 2.75) is 27.2 Å². The Bertz CT molecular complexity index is 228. The van der Waals surface area contributed by atoms with Crippen molar-refractivity contribution < 1.29 is 4.79 Å². The summed E-state index contributed by atoms with van der Waals surface area (Å²) in [5.41, 5.74) is 0.995. The summed E-state index contributed by atoms with van der Waals surface area (Å²) >= 11 is 0. The number of nitrogens with zero attached hydrogens (tertiary/aromatic N) is 1. The molecule has 0 saturated carbocycles. The Morgan fingerprint density at radius 3 is 2.50 bits per heavy atom. The smallest absolute Gasteiger partial charge is 0.232 e. The molecule has 1 aliphatic heterocycles. The van der Waals surface area contributed by atoms with Crippen LogP contribution in [0.3, 0.4) is 0 Å². The van der Waals surface area contributed by atoms with Gasteiger partial charge in [0, 0.05) is 13.6 Å². The van der Waals surface area contributed by atoms with Crippen LogP contribution in [0.2, 0.25) is 0 Å². The molecule has 1 rings (SSSR count). The Morgan fingerprint density at radius 1 is 1.58 bits per heavy atom. The van der Waals surface area contributed by atoms with Gasteiger partial charge in [0.25, 0.3) is 0 Å². The van der Waals surface area contributed by atoms with Crippen molar-refractivity contribution in [2.24, 2.45) is 5.41 Å². The number of hydrogen-bond acceptors (Lipinski definition) is 1. The van der Waals surface area contributed by atoms with Gasteiger partial charge in [-0.15, -0.1) is 0 Å². The van der Waals surface area contributed by atoms with Crippen molar-refractivity contribution in [3.05, 3.63) is 11.6 Å². The molecule has 12 heavy (non-hydrogen) atoms. The minimum Gasteiger partial charge on any atom is -0.345 e. The molecule has 0 aliphatic carbocycles. The molecule has 0 N–H and O–H groups in total. The number of hydrogen-bond donors (Lipinski definition) is 0. The van der Waals surface area contributed by atoms with Crippen LogP contribution < -0.4 is 0 Å². The van der Waals surface area contributed by atoms with Crippen LogP contribution in [-0.4, -0.2) is 24.4 Å². The lowest BCUT2D eigenvalue weighted by Gasteiger charge is -2.17. The van der Waals surface area contributed by atoms with Gasteiger partial charge in [0.2, 0.25) is 5.91 Å². The van der Waals surface area contributed by atoms with Crippen molar-refractivity contribution in [2.75, 3.05) is 13.6 Å². The highest BCUT2D eigenvalue weighted by atomic mass is 16.2. The molecule has 0 aromatic heterocycles. The molecule has 0 bridgehead atoms. The standard InChI is InChI=1S/C10H17NO/c1-8(2)7-10(3)5-6-11(4)9(10)12/h7H,5-6H2,1-4H3. The van der Waals surface area contributed by atoms with Gasteiger partial charge in [0.05, 0.1) is 5.41 Å². The molecule has 1 atom stereocenters. The summed E-state index contributed by atoms with van der Waals surface area (Å²) in [7, 11) is 1.87. The third kappa shape index (κ3) is 1.52. The van der Waals surface area contributed by atoms with E-state index in [4.69, 9.17) is 0 Å². The summed E-state index contributed by atoms with van der Waals surface area (Å²) in [6.45, 7) is 6.98. The molecule has 1 heterocycles. The zero-order chi connectivity index (χ0) is 9.35. The van der Waals surface area contributed by atoms with Gasteiger partial charge in [-0.1, -0.05) is 11.6 Å². The van der Waals surface area contributed by atoms with Crippen LogP contribution in [0.4, 0.5) is 0 Å². The van der Waals surface area contributed by atoms with E-state index in [1.165, 1.54) is 5.57 Å². The van der Waals surface area contributed by atoms with Crippen LogP contribution in [0.1, 0.15) is 27.2 Å². The predicted molar refractivity (Wildman–Crippen MR) is 49.8 cm³/mol. The molecule has 0 aromatic rings. The second kappa shape index (κ2) is 2.92. The normalized spacial score (nSPS) is 29.3. The van der Waals surface area contributed by atoms with E-state index in [1.807, 2.05) is 27.8 Å². The van der Waals surface area contributed by atoms with Crippen LogP contribution in [0.5, 0.6) is 0 Å². The molecule has 68 valence electrons. The number of carbonyl (C=O) groups is 1. The molecule has 1 unspecified atom stereocenters. The topological polar surface area (TPSA) is 20.3 Å². The van der Waals surface area contributed by atoms with Gasteiger partial charge >= 0.3 is 0 Å². The molecule has 0 spiro atoms. The number of amides is 1. The van der Waals surface area contributed by atoms with E-state index in [2.05, 4.69) is 6.08 Å². The Morgan fingerprint density at radius 2 is 2.17 bits per heavy atom. The van der Waals surface area contributed by atoms with Crippen molar-refractivity contribution in [3.8, 4) is 0 Å². The van der Waals surface area contributed by atoms with E-state index >= 15 is 0 Å². The lowest BCUT2D eigenvalue weighted by molar-refractivity contribution is -0.132. The summed E-state index contributed by atoms with van der Waals surface area (Å²) in [4.78, 5) is 13.4. The molecule has 1 fully saturated rings. The molecule has 1 saturated heterocycles. The molecule has 1 aliphatic rings. The minimum absolute atomic E-state index is 0.229. The van der Waals surface area contributed by atoms with E-state index in [0.29, 0.717) is 0 Å². The van der Waals surface area contributed by atoms with Gasteiger partial charge in [-0.05, 0) is 27.2 Å². The summed E-state index contributed by atoms with van der Waals surface area (Å²) in [6.07, 6.45) is 3.03. The maximum absolute atomic E-state index is 11.6. The van der Waals surface area contributed by atoms with Crippen molar-refractivity contribution in [1.82, 2.24) is 4.90 Å². The highest BCUT2D eigenvalue weighted by Gasteiger charge is 2.38. The fourth-order valence-corrected chi connectivity index (χ4v) is 1.82. The number of allylic oxidation sites excluding steroid dienone is 1. The Labute approximate surface area is 74.2 Å². The Hall–Kier alpha value is -0.790. The van der Waals surface area contributed by atoms with Crippen molar-refractivity contribution in [1.29, 1.82) is 0 Å². The van der Waals surface area contributed by atoms with Crippen LogP contribution in [0.25, 0.3) is 0 Å². The van der Waals surface area contributed by atoms with E-state index in [9.17, 15) is 4.79 Å². The largest absolute Gasteiger partial charge is 0.345 e. The molecular formula is C10H17NO. The average Bonchev–Trinajstić information content (AvgIpc) is 2.16. The summed E-state index contributed by atoms with van der Waals surface area (Å²) in [6, 6.07) is 0. The Balaban J connectivity index is 2.87. The lowest BCUT2D eigenvalue weighted by Crippen LogP contribution is -2.28. The highest BCUT2D eigenvalue weighted by Crippen LogP contribution is 2.32. The van der Waals surface area contributed by atoms with Crippen LogP contribution in [0, 0.1) is 5.41 Å². The molecule has 0 radical (unpaired) electrons. The van der Waals surface area contributed by atoms with Gasteiger partial charge in [0.15, 0.2) is 0 Å². The summed E-state index contributed by atoms with van der Waals surface area (Å²) in [5, 5.41) is 0. The van der Waals surface area contributed by atoms with Gasteiger partial charge in [-0.3, -0.25) is 4.79 Å². The monoisotopic (exact) mass is 167 g/mol. The van der Waals surface area contributed by atoms with Gasteiger partial charge in [0.1, 0.15) is 0 Å². The molecule has 2 nitrogen and oxygen atoms in total. The third-order valence-corrected chi connectivity index (χ3v) is 2.41.